The minimum absolute atomic E-state index is 0. The Morgan fingerprint density at radius 1 is 1.07 bits per heavy atom. The first kappa shape index (κ1) is 29.3. The van der Waals surface area contributed by atoms with Gasteiger partial charge in [-0.15, -0.1) is 12.6 Å². The molecule has 0 amide bonds. The molecule has 1 aromatic rings. The van der Waals surface area contributed by atoms with Crippen LogP contribution < -0.4 is 0 Å². The zero-order chi connectivity index (χ0) is 7.07. The summed E-state index contributed by atoms with van der Waals surface area (Å²) in [5, 5.41) is 0. The number of aromatic nitrogens is 1. The van der Waals surface area contributed by atoms with Gasteiger partial charge in [0.15, 0.2) is 0 Å². The minimum Gasteiger partial charge on any atom is -0.484 e. The fraction of sp³-hybridized carbons (Fsp3) is 0.0769. The summed E-state index contributed by atoms with van der Waals surface area (Å²) in [5.74, 6) is 0. The molecule has 0 bridgehead atoms. The summed E-state index contributed by atoms with van der Waals surface area (Å²) in [5.41, 5.74) is 0. The van der Waals surface area contributed by atoms with Crippen LogP contribution in [0.2, 0.25) is 0 Å². The molecule has 1 aromatic heterocycles. The van der Waals surface area contributed by atoms with Crippen LogP contribution in [0.5, 0.6) is 0 Å². The standard InChI is InChI=1S/C5H5.C4H4N.4CH3.Ru/c2*1-2-4-5-3-1;;;;;/h1-3H,4H2;1-3,5H;4*1H3;/q6*-1;+6. The molecule has 86 valence electrons. The van der Waals surface area contributed by atoms with Gasteiger partial charge in [0.25, 0.3) is 0 Å². The molecule has 1 nitrogen and oxygen atoms in total. The summed E-state index contributed by atoms with van der Waals surface area (Å²) in [6, 6.07) is 3.71. The van der Waals surface area contributed by atoms with Gasteiger partial charge in [0.1, 0.15) is 0 Å². The maximum absolute atomic E-state index is 2.99. The van der Waals surface area contributed by atoms with Crippen molar-refractivity contribution in [2.24, 2.45) is 0 Å². The number of nitrogens with one attached hydrogen (secondary N) is 1. The van der Waals surface area contributed by atoms with E-state index in [4.69, 9.17) is 0 Å². The molecule has 0 radical (unpaired) electrons. The number of H-pyrrole nitrogens is 1. The summed E-state index contributed by atoms with van der Waals surface area (Å²) in [4.78, 5) is 2.74. The van der Waals surface area contributed by atoms with Crippen molar-refractivity contribution in [1.29, 1.82) is 0 Å². The Kier molecular flexibility index (Phi) is 45.5. The Labute approximate surface area is 109 Å². The molecular formula is C13H21NRu. The first-order valence-corrected chi connectivity index (χ1v) is 3.21. The van der Waals surface area contributed by atoms with E-state index >= 15 is 0 Å². The largest absolute Gasteiger partial charge is 6.00 e. The molecule has 0 fully saturated rings. The van der Waals surface area contributed by atoms with Crippen LogP contribution in [0.15, 0.2) is 36.6 Å². The third kappa shape index (κ3) is 19.7. The fourth-order valence-electron chi connectivity index (χ4n) is 0.581. The number of aromatic amines is 1. The summed E-state index contributed by atoms with van der Waals surface area (Å²) in [7, 11) is 0. The van der Waals surface area contributed by atoms with E-state index in [1.54, 1.807) is 0 Å². The number of hydrogen-bond donors (Lipinski definition) is 1. The van der Waals surface area contributed by atoms with E-state index in [9.17, 15) is 0 Å². The van der Waals surface area contributed by atoms with E-state index in [0.717, 1.165) is 6.42 Å². The fourth-order valence-corrected chi connectivity index (χ4v) is 0.581. The monoisotopic (exact) mass is 293 g/mol. The Hall–Kier alpha value is -0.617. The molecule has 2 rings (SSSR count). The van der Waals surface area contributed by atoms with Crippen molar-refractivity contribution in [2.45, 2.75) is 6.42 Å². The van der Waals surface area contributed by atoms with E-state index in [0.29, 0.717) is 0 Å². The summed E-state index contributed by atoms with van der Waals surface area (Å²) in [6.45, 7) is 0. The maximum atomic E-state index is 2.99. The molecular weight excluding hydrogens is 271 g/mol. The molecule has 0 aromatic carbocycles. The van der Waals surface area contributed by atoms with Gasteiger partial charge in [-0.05, 0) is 0 Å². The second-order valence-electron chi connectivity index (χ2n) is 1.82. The normalized spacial score (nSPS) is 8.53. The zero-order valence-corrected chi connectivity index (χ0v) is 11.8. The molecule has 1 heterocycles. The van der Waals surface area contributed by atoms with E-state index in [-0.39, 0.29) is 49.2 Å². The molecule has 1 N–H and O–H groups in total. The third-order valence-corrected chi connectivity index (χ3v) is 1.03. The van der Waals surface area contributed by atoms with Crippen molar-refractivity contribution in [3.05, 3.63) is 78.5 Å². The molecule has 1 aliphatic rings. The Bertz CT molecular complexity index is 173. The van der Waals surface area contributed by atoms with Crippen LogP contribution in [0, 0.1) is 42.0 Å². The zero-order valence-electron chi connectivity index (χ0n) is 10.0. The van der Waals surface area contributed by atoms with Crippen molar-refractivity contribution >= 4 is 0 Å². The molecule has 1 aliphatic carbocycles. The van der Waals surface area contributed by atoms with Gasteiger partial charge in [0.05, 0.1) is 0 Å². The van der Waals surface area contributed by atoms with Crippen molar-refractivity contribution in [3.8, 4) is 0 Å². The maximum Gasteiger partial charge on any atom is 6.00 e. The number of hydrogen-bond acceptors (Lipinski definition) is 0. The average Bonchev–Trinajstić information content (AvgIpc) is 2.67. The predicted molar refractivity (Wildman–Crippen MR) is 66.9 cm³/mol. The van der Waals surface area contributed by atoms with E-state index in [1.807, 2.05) is 30.5 Å². The number of rotatable bonds is 0. The van der Waals surface area contributed by atoms with Crippen LogP contribution >= 0.6 is 0 Å². The molecule has 0 unspecified atom stereocenters. The van der Waals surface area contributed by atoms with Gasteiger partial charge < -0.3 is 34.7 Å². The molecule has 2 heteroatoms. The molecule has 0 aliphatic heterocycles. The smallest absolute Gasteiger partial charge is 0.484 e. The summed E-state index contributed by atoms with van der Waals surface area (Å²) >= 11 is 0. The molecule has 0 saturated carbocycles. The van der Waals surface area contributed by atoms with Gasteiger partial charge in [0.2, 0.25) is 0 Å². The molecule has 0 atom stereocenters. The van der Waals surface area contributed by atoms with Gasteiger partial charge in [0, 0.05) is 0 Å². The third-order valence-electron chi connectivity index (χ3n) is 1.03. The van der Waals surface area contributed by atoms with Gasteiger partial charge >= 0.3 is 19.5 Å². The predicted octanol–water partition coefficient (Wildman–Crippen LogP) is 3.92. The second kappa shape index (κ2) is 23.3. The quantitative estimate of drug-likeness (QED) is 0.551. The SMILES string of the molecule is [C-]1=CC=CC1.[CH3-].[CH3-].[CH3-].[CH3-].[Ru+6].[c-]1ccc[nH]1. The first-order chi connectivity index (χ1) is 5.00. The van der Waals surface area contributed by atoms with Crippen LogP contribution in [0.1, 0.15) is 6.42 Å². The van der Waals surface area contributed by atoms with Crippen molar-refractivity contribution in [1.82, 2.24) is 4.98 Å². The van der Waals surface area contributed by atoms with Crippen LogP contribution in [0.3, 0.4) is 0 Å². The van der Waals surface area contributed by atoms with Gasteiger partial charge in [-0.3, -0.25) is 6.08 Å². The average molecular weight is 292 g/mol. The van der Waals surface area contributed by atoms with Crippen molar-refractivity contribution in [3.63, 3.8) is 0 Å². The van der Waals surface area contributed by atoms with E-state index in [2.05, 4.69) is 23.3 Å². The van der Waals surface area contributed by atoms with E-state index in [1.165, 1.54) is 0 Å². The summed E-state index contributed by atoms with van der Waals surface area (Å²) < 4.78 is 0. The Morgan fingerprint density at radius 3 is 1.87 bits per heavy atom. The number of allylic oxidation sites excluding steroid dienone is 4. The Morgan fingerprint density at radius 2 is 1.73 bits per heavy atom. The van der Waals surface area contributed by atoms with Gasteiger partial charge in [-0.2, -0.15) is 24.4 Å². The van der Waals surface area contributed by atoms with Gasteiger partial charge in [-0.1, -0.05) is 0 Å². The Balaban J connectivity index is -0.0000000333. The molecule has 0 spiro atoms. The second-order valence-corrected chi connectivity index (χ2v) is 1.82. The minimum atomic E-state index is 0. The van der Waals surface area contributed by atoms with Gasteiger partial charge in [-0.25, -0.2) is 12.2 Å². The van der Waals surface area contributed by atoms with Crippen LogP contribution in [0.4, 0.5) is 0 Å². The van der Waals surface area contributed by atoms with E-state index < -0.39 is 0 Å². The topological polar surface area (TPSA) is 15.8 Å². The van der Waals surface area contributed by atoms with Crippen molar-refractivity contribution in [2.75, 3.05) is 0 Å². The van der Waals surface area contributed by atoms with Crippen LogP contribution in [-0.4, -0.2) is 4.98 Å². The van der Waals surface area contributed by atoms with Crippen molar-refractivity contribution < 1.29 is 19.5 Å². The molecule has 15 heavy (non-hydrogen) atoms. The van der Waals surface area contributed by atoms with Crippen LogP contribution in [0.25, 0.3) is 0 Å². The summed E-state index contributed by atoms with van der Waals surface area (Å²) in [6.07, 6.45) is 14.6. The first-order valence-electron chi connectivity index (χ1n) is 3.21. The van der Waals surface area contributed by atoms with Crippen LogP contribution in [-0.2, 0) is 19.5 Å². The molecule has 0 saturated heterocycles.